The third-order valence-electron chi connectivity index (χ3n) is 3.52. The van der Waals surface area contributed by atoms with E-state index in [1.807, 2.05) is 4.98 Å². The Morgan fingerprint density at radius 2 is 1.62 bits per heavy atom. The van der Waals surface area contributed by atoms with Crippen molar-refractivity contribution in [3.05, 3.63) is 32.6 Å². The van der Waals surface area contributed by atoms with E-state index in [0.717, 1.165) is 10.8 Å². The van der Waals surface area contributed by atoms with Gasteiger partial charge >= 0.3 is 81.1 Å². The summed E-state index contributed by atoms with van der Waals surface area (Å²) in [4.78, 5) is 68.3. The van der Waals surface area contributed by atoms with E-state index in [1.165, 1.54) is 0 Å². The summed E-state index contributed by atoms with van der Waals surface area (Å²) in [6, 6.07) is 0. The average Bonchev–Trinajstić information content (AvgIpc) is 2.90. The minimum Gasteiger partial charge on any atom is -0.790 e. The Hall–Kier alpha value is 1.36. The third kappa shape index (κ3) is 12.3. The first kappa shape index (κ1) is 39.9. The molecule has 0 radical (unpaired) electrons. The molecule has 1 aliphatic rings. The van der Waals surface area contributed by atoms with Gasteiger partial charge in [-0.25, -0.2) is 9.11 Å². The van der Waals surface area contributed by atoms with Crippen LogP contribution >= 0.6 is 23.5 Å². The average molecular weight is 522 g/mol. The first-order valence-corrected chi connectivity index (χ1v) is 12.0. The number of aromatic amines is 1. The van der Waals surface area contributed by atoms with Gasteiger partial charge in [0, 0.05) is 12.6 Å². The zero-order valence-electron chi connectivity index (χ0n) is 18.4. The summed E-state index contributed by atoms with van der Waals surface area (Å²) in [7, 11) is -18.1. The second-order valence-electron chi connectivity index (χ2n) is 5.71. The minimum absolute atomic E-state index is 0. The molecule has 1 saturated heterocycles. The molecule has 0 amide bonds. The van der Waals surface area contributed by atoms with Gasteiger partial charge in [-0.05, 0) is 0 Å². The van der Waals surface area contributed by atoms with Crippen LogP contribution in [0.2, 0.25) is 0 Å². The van der Waals surface area contributed by atoms with Crippen LogP contribution in [-0.2, 0) is 38.2 Å². The molecule has 1 aromatic rings. The van der Waals surface area contributed by atoms with Crippen molar-refractivity contribution in [3.8, 4) is 0 Å². The maximum absolute atomic E-state index is 11.9. The molecule has 172 valence electrons. The van der Waals surface area contributed by atoms with E-state index in [1.54, 1.807) is 0 Å². The molecule has 17 nitrogen and oxygen atoms in total. The van der Waals surface area contributed by atoms with Gasteiger partial charge in [0.1, 0.15) is 12.3 Å². The summed E-state index contributed by atoms with van der Waals surface area (Å²) >= 11 is 0. The number of nitrogens with one attached hydrogen (secondary N) is 1. The molecule has 2 heterocycles. The molecule has 24 heteroatoms. The van der Waals surface area contributed by atoms with Crippen LogP contribution in [0.1, 0.15) is 18.2 Å². The number of aromatic nitrogens is 2. The normalized spacial score (nSPS) is 23.2. The molecule has 0 saturated carbocycles. The summed E-state index contributed by atoms with van der Waals surface area (Å²) in [6.07, 6.45) is -3.46. The Bertz CT molecular complexity index is 1050. The number of ether oxygens (including phenoxy) is 1. The van der Waals surface area contributed by atoms with Crippen molar-refractivity contribution < 1.29 is 137 Å². The second-order valence-corrected chi connectivity index (χ2v) is 9.96. The molecule has 5 unspecified atom stereocenters. The van der Waals surface area contributed by atoms with Gasteiger partial charge in [-0.1, -0.05) is 0 Å². The monoisotopic (exact) mass is 522 g/mol. The molecule has 5 atom stereocenters. The fraction of sp³-hybridized carbons (Fsp3) is 0.600. The maximum atomic E-state index is 11.9. The number of rotatable bonds is 9. The molecule has 34 heavy (non-hydrogen) atoms. The summed E-state index contributed by atoms with van der Waals surface area (Å²) in [5.74, 6) is 0. The topological polar surface area (TPSA) is 276 Å². The number of phosphoric ester groups is 1. The van der Waals surface area contributed by atoms with Gasteiger partial charge < -0.3 is 43.6 Å². The SMILES string of the molecule is O=c1[nH]c(=O)n(C2CC(O)C(COP(=O)([O-])OP(=O)([O-])OP(=O)([O-])[O-])O2)cc1CO.[Li+].[Li+].[Li+].[Li+]. The number of hydrogen-bond donors (Lipinski definition) is 3. The Kier molecular flexibility index (Phi) is 18.4. The van der Waals surface area contributed by atoms with Crippen molar-refractivity contribution in [2.45, 2.75) is 31.5 Å². The Balaban J connectivity index is -0.00000240. The number of H-pyrrole nitrogens is 1. The third-order valence-corrected chi connectivity index (χ3v) is 7.19. The van der Waals surface area contributed by atoms with Gasteiger partial charge in [-0.15, -0.1) is 0 Å². The van der Waals surface area contributed by atoms with Crippen LogP contribution in [0.25, 0.3) is 0 Å². The molecule has 0 bridgehead atoms. The number of aliphatic hydroxyl groups is 2. The van der Waals surface area contributed by atoms with Crippen LogP contribution in [0.15, 0.2) is 15.8 Å². The van der Waals surface area contributed by atoms with Gasteiger partial charge in [0.25, 0.3) is 21.2 Å². The van der Waals surface area contributed by atoms with Crippen molar-refractivity contribution in [2.24, 2.45) is 0 Å². The first-order valence-electron chi connectivity index (χ1n) is 7.62. The van der Waals surface area contributed by atoms with Crippen LogP contribution in [0.5, 0.6) is 0 Å². The molecule has 1 aromatic heterocycles. The van der Waals surface area contributed by atoms with Crippen LogP contribution in [-0.4, -0.2) is 38.6 Å². The van der Waals surface area contributed by atoms with Gasteiger partial charge in [0.2, 0.25) is 0 Å². The summed E-state index contributed by atoms with van der Waals surface area (Å²) < 4.78 is 49.4. The molecule has 0 aromatic carbocycles. The van der Waals surface area contributed by atoms with Crippen LogP contribution < -0.4 is 106 Å². The largest absolute Gasteiger partial charge is 1.00 e. The minimum atomic E-state index is -6.14. The predicted molar refractivity (Wildman–Crippen MR) is 82.7 cm³/mol. The van der Waals surface area contributed by atoms with E-state index in [-0.39, 0.29) is 87.4 Å². The Morgan fingerprint density at radius 1 is 1.06 bits per heavy atom. The maximum Gasteiger partial charge on any atom is 1.00 e. The van der Waals surface area contributed by atoms with Crippen LogP contribution in [0.3, 0.4) is 0 Å². The molecular weight excluding hydrogens is 509 g/mol. The Morgan fingerprint density at radius 3 is 2.12 bits per heavy atom. The van der Waals surface area contributed by atoms with Crippen molar-refractivity contribution in [1.82, 2.24) is 9.55 Å². The predicted octanol–water partition coefficient (Wildman–Crippen LogP) is -16.5. The van der Waals surface area contributed by atoms with E-state index in [9.17, 15) is 48.0 Å². The fourth-order valence-corrected chi connectivity index (χ4v) is 5.20. The van der Waals surface area contributed by atoms with Gasteiger partial charge in [-0.3, -0.25) is 27.8 Å². The van der Waals surface area contributed by atoms with Crippen molar-refractivity contribution in [1.29, 1.82) is 0 Å². The molecule has 0 aliphatic carbocycles. The standard InChI is InChI=1S/C10H17N2O15P3.4Li/c13-3-5-2-12(10(16)11-9(5)15)8-1-6(14)7(25-8)4-24-29(20,21)27-30(22,23)26-28(17,18)19;;;;/h2,6-8,13-14H,1,3-4H2,(H,20,21)(H,22,23)(H,11,15,16)(H2,17,18,19);;;;/q;4*+1/p-4. The number of hydrogen-bond acceptors (Lipinski definition) is 15. The smallest absolute Gasteiger partial charge is 0.790 e. The molecule has 0 spiro atoms. The van der Waals surface area contributed by atoms with Crippen molar-refractivity contribution in [2.75, 3.05) is 6.61 Å². The molecule has 1 fully saturated rings. The van der Waals surface area contributed by atoms with Gasteiger partial charge in [-0.2, -0.15) is 0 Å². The summed E-state index contributed by atoms with van der Waals surface area (Å²) in [5.41, 5.74) is -2.02. The van der Waals surface area contributed by atoms with E-state index in [2.05, 4.69) is 13.1 Å². The van der Waals surface area contributed by atoms with E-state index in [0.29, 0.717) is 0 Å². The Labute approximate surface area is 239 Å². The number of phosphoric acid groups is 3. The molecule has 3 N–H and O–H groups in total. The zero-order chi connectivity index (χ0) is 22.9. The summed E-state index contributed by atoms with van der Waals surface area (Å²) in [5, 5.41) is 19.0. The molecule has 2 rings (SSSR count). The first-order chi connectivity index (χ1) is 13.6. The quantitative estimate of drug-likeness (QED) is 0.201. The van der Waals surface area contributed by atoms with Crippen LogP contribution in [0, 0.1) is 0 Å². The van der Waals surface area contributed by atoms with Crippen LogP contribution in [0.4, 0.5) is 0 Å². The second kappa shape index (κ2) is 15.7. The fourth-order valence-electron chi connectivity index (χ4n) is 2.34. The van der Waals surface area contributed by atoms with E-state index in [4.69, 9.17) is 9.84 Å². The summed E-state index contributed by atoms with van der Waals surface area (Å²) in [6.45, 7) is -1.76. The number of nitrogens with zero attached hydrogens (tertiary/aromatic N) is 1. The zero-order valence-corrected chi connectivity index (χ0v) is 21.1. The van der Waals surface area contributed by atoms with Gasteiger partial charge in [0.15, 0.2) is 0 Å². The number of aliphatic hydroxyl groups excluding tert-OH is 2. The molecule has 1 aliphatic heterocycles. The molecular formula is C10H13Li4N2O15P3. The van der Waals surface area contributed by atoms with E-state index < -0.39 is 66.4 Å². The van der Waals surface area contributed by atoms with Gasteiger partial charge in [0.05, 0.1) is 32.7 Å². The van der Waals surface area contributed by atoms with Crippen molar-refractivity contribution >= 4 is 23.5 Å². The van der Waals surface area contributed by atoms with E-state index >= 15 is 0 Å². The van der Waals surface area contributed by atoms with Crippen molar-refractivity contribution in [3.63, 3.8) is 0 Å².